The Morgan fingerprint density at radius 1 is 1.17 bits per heavy atom. The number of likely N-dealkylation sites (N-methyl/N-ethyl adjacent to an activating group) is 1. The predicted molar refractivity (Wildman–Crippen MR) is 134 cm³/mol. The molecule has 0 saturated carbocycles. The van der Waals surface area contributed by atoms with Crippen LogP contribution in [0.3, 0.4) is 0 Å². The van der Waals surface area contributed by atoms with Crippen LogP contribution in [0.15, 0.2) is 59.2 Å². The highest BCUT2D eigenvalue weighted by Gasteiger charge is 2.13. The third kappa shape index (κ3) is 7.14. The SMILES string of the molecule is CCS(=O)(=O)CCOc1ccc2cc1CN(C)CC=CCOCc1ccc(o1)-c1ccnc(n1)N2. The highest BCUT2D eigenvalue weighted by molar-refractivity contribution is 7.91. The lowest BCUT2D eigenvalue weighted by molar-refractivity contribution is 0.132. The van der Waals surface area contributed by atoms with Crippen LogP contribution in [0.5, 0.6) is 5.75 Å². The Bertz CT molecular complexity index is 1270. The number of benzene rings is 1. The molecule has 10 heteroatoms. The lowest BCUT2D eigenvalue weighted by atomic mass is 10.1. The van der Waals surface area contributed by atoms with Gasteiger partial charge in [-0.05, 0) is 43.4 Å². The second-order valence-corrected chi connectivity index (χ2v) is 10.7. The van der Waals surface area contributed by atoms with Crippen molar-refractivity contribution < 1.29 is 22.3 Å². The van der Waals surface area contributed by atoms with E-state index in [1.54, 1.807) is 19.2 Å². The van der Waals surface area contributed by atoms with Crippen molar-refractivity contribution >= 4 is 21.5 Å². The molecule has 1 N–H and O–H groups in total. The summed E-state index contributed by atoms with van der Waals surface area (Å²) < 4.78 is 41.2. The van der Waals surface area contributed by atoms with Gasteiger partial charge in [-0.2, -0.15) is 0 Å². The molecule has 3 aromatic rings. The van der Waals surface area contributed by atoms with Crippen LogP contribution in [0.4, 0.5) is 11.6 Å². The smallest absolute Gasteiger partial charge is 0.227 e. The molecule has 186 valence electrons. The zero-order valence-electron chi connectivity index (χ0n) is 19.9. The summed E-state index contributed by atoms with van der Waals surface area (Å²) >= 11 is 0. The molecule has 0 amide bonds. The molecule has 0 aliphatic carbocycles. The van der Waals surface area contributed by atoms with Gasteiger partial charge in [0.25, 0.3) is 0 Å². The van der Waals surface area contributed by atoms with Crippen molar-refractivity contribution in [2.24, 2.45) is 0 Å². The highest BCUT2D eigenvalue weighted by Crippen LogP contribution is 2.27. The van der Waals surface area contributed by atoms with Crippen LogP contribution in [-0.2, 0) is 27.7 Å². The van der Waals surface area contributed by atoms with Crippen LogP contribution in [0.2, 0.25) is 0 Å². The van der Waals surface area contributed by atoms with Gasteiger partial charge in [0.2, 0.25) is 5.95 Å². The Morgan fingerprint density at radius 3 is 2.91 bits per heavy atom. The first-order chi connectivity index (χ1) is 16.9. The van der Waals surface area contributed by atoms with Gasteiger partial charge in [0.1, 0.15) is 30.4 Å². The summed E-state index contributed by atoms with van der Waals surface area (Å²) in [5, 5.41) is 3.25. The number of hydrogen-bond acceptors (Lipinski definition) is 9. The zero-order valence-corrected chi connectivity index (χ0v) is 20.8. The van der Waals surface area contributed by atoms with E-state index in [0.717, 1.165) is 17.0 Å². The minimum Gasteiger partial charge on any atom is -0.492 e. The van der Waals surface area contributed by atoms with Gasteiger partial charge in [0, 0.05) is 36.3 Å². The van der Waals surface area contributed by atoms with Crippen LogP contribution in [-0.4, -0.2) is 61.6 Å². The molecule has 1 aliphatic heterocycles. The van der Waals surface area contributed by atoms with Gasteiger partial charge < -0.3 is 19.2 Å². The van der Waals surface area contributed by atoms with E-state index >= 15 is 0 Å². The number of rotatable bonds is 5. The Morgan fingerprint density at radius 2 is 2.06 bits per heavy atom. The molecule has 0 saturated heterocycles. The van der Waals surface area contributed by atoms with E-state index in [0.29, 0.717) is 49.5 Å². The summed E-state index contributed by atoms with van der Waals surface area (Å²) in [6.07, 6.45) is 5.70. The van der Waals surface area contributed by atoms with Crippen LogP contribution in [0, 0.1) is 0 Å². The third-order valence-electron chi connectivity index (χ3n) is 5.46. The normalized spacial score (nSPS) is 15.1. The Balaban J connectivity index is 1.61. The van der Waals surface area contributed by atoms with Crippen molar-refractivity contribution in [3.8, 4) is 17.2 Å². The van der Waals surface area contributed by atoms with Crippen LogP contribution < -0.4 is 10.1 Å². The van der Waals surface area contributed by atoms with E-state index in [4.69, 9.17) is 13.9 Å². The number of anilines is 2. The van der Waals surface area contributed by atoms with Gasteiger partial charge in [-0.3, -0.25) is 4.90 Å². The van der Waals surface area contributed by atoms with Crippen molar-refractivity contribution in [1.29, 1.82) is 0 Å². The van der Waals surface area contributed by atoms with E-state index in [1.165, 1.54) is 0 Å². The van der Waals surface area contributed by atoms with Gasteiger partial charge in [0.05, 0.1) is 12.4 Å². The van der Waals surface area contributed by atoms with E-state index < -0.39 is 9.84 Å². The zero-order chi connectivity index (χ0) is 24.7. The van der Waals surface area contributed by atoms with Crippen LogP contribution >= 0.6 is 0 Å². The lowest BCUT2D eigenvalue weighted by Crippen LogP contribution is -2.20. The summed E-state index contributed by atoms with van der Waals surface area (Å²) in [5.74, 6) is 2.53. The summed E-state index contributed by atoms with van der Waals surface area (Å²) in [6, 6.07) is 11.2. The van der Waals surface area contributed by atoms with E-state index in [2.05, 4.69) is 20.2 Å². The predicted octanol–water partition coefficient (Wildman–Crippen LogP) is 3.81. The molecule has 1 aliphatic rings. The van der Waals surface area contributed by atoms with Crippen molar-refractivity contribution in [3.05, 3.63) is 66.1 Å². The Kier molecular flexibility index (Phi) is 8.17. The number of nitrogens with zero attached hydrogens (tertiary/aromatic N) is 3. The minimum atomic E-state index is -3.10. The molecule has 4 rings (SSSR count). The molecule has 0 fully saturated rings. The van der Waals surface area contributed by atoms with Crippen molar-refractivity contribution in [2.45, 2.75) is 20.1 Å². The van der Waals surface area contributed by atoms with Gasteiger partial charge in [-0.25, -0.2) is 18.4 Å². The maximum absolute atomic E-state index is 11.9. The molecular weight excluding hydrogens is 468 g/mol. The van der Waals surface area contributed by atoms with Gasteiger partial charge >= 0.3 is 0 Å². The largest absolute Gasteiger partial charge is 0.492 e. The third-order valence-corrected chi connectivity index (χ3v) is 7.13. The van der Waals surface area contributed by atoms with Crippen LogP contribution in [0.25, 0.3) is 11.5 Å². The number of fused-ring (bicyclic) bond motifs is 7. The molecular formula is C25H30N4O5S. The van der Waals surface area contributed by atoms with Crippen molar-refractivity contribution in [3.63, 3.8) is 0 Å². The number of sulfone groups is 1. The maximum atomic E-state index is 11.9. The number of furan rings is 1. The highest BCUT2D eigenvalue weighted by atomic mass is 32.2. The van der Waals surface area contributed by atoms with Gasteiger partial charge in [-0.1, -0.05) is 19.1 Å². The lowest BCUT2D eigenvalue weighted by Gasteiger charge is -2.19. The van der Waals surface area contributed by atoms with Crippen LogP contribution in [0.1, 0.15) is 18.2 Å². The fourth-order valence-electron chi connectivity index (χ4n) is 3.53. The van der Waals surface area contributed by atoms with E-state index in [-0.39, 0.29) is 18.1 Å². The second-order valence-electron chi connectivity index (χ2n) is 8.25. The Hall–Kier alpha value is -3.21. The molecule has 3 heterocycles. The standard InChI is InChI=1S/C25H30N4O5S/c1-3-35(30,31)15-14-33-23-8-6-20-16-19(23)17-29(2)12-4-5-13-32-18-21-7-9-24(34-21)22-10-11-26-25(27-20)28-22/h4-11,16H,3,12-15,17-18H2,1-2H3,(H,26,27,28). The number of aromatic nitrogens is 2. The van der Waals surface area contributed by atoms with E-state index in [9.17, 15) is 8.42 Å². The van der Waals surface area contributed by atoms with Gasteiger partial charge in [0.15, 0.2) is 15.6 Å². The molecule has 0 radical (unpaired) electrons. The molecule has 0 unspecified atom stereocenters. The first-order valence-electron chi connectivity index (χ1n) is 11.5. The molecule has 1 aromatic carbocycles. The summed E-state index contributed by atoms with van der Waals surface area (Å²) in [7, 11) is -1.10. The summed E-state index contributed by atoms with van der Waals surface area (Å²) in [6.45, 7) is 3.90. The monoisotopic (exact) mass is 498 g/mol. The summed E-state index contributed by atoms with van der Waals surface area (Å²) in [4.78, 5) is 11.0. The Labute approximate surface area is 205 Å². The quantitative estimate of drug-likeness (QED) is 0.526. The molecule has 9 nitrogen and oxygen atoms in total. The first kappa shape index (κ1) is 24.9. The molecule has 6 bridgehead atoms. The average molecular weight is 499 g/mol. The number of ether oxygens (including phenoxy) is 2. The van der Waals surface area contributed by atoms with E-state index in [1.807, 2.05) is 49.5 Å². The fourth-order valence-corrected chi connectivity index (χ4v) is 4.15. The van der Waals surface area contributed by atoms with Crippen molar-refractivity contribution in [2.75, 3.05) is 43.6 Å². The summed E-state index contributed by atoms with van der Waals surface area (Å²) in [5.41, 5.74) is 2.38. The van der Waals surface area contributed by atoms with Crippen molar-refractivity contribution in [1.82, 2.24) is 14.9 Å². The molecule has 0 spiro atoms. The molecule has 2 aromatic heterocycles. The number of nitrogens with one attached hydrogen (secondary N) is 1. The van der Waals surface area contributed by atoms with Gasteiger partial charge in [-0.15, -0.1) is 0 Å². The maximum Gasteiger partial charge on any atom is 0.227 e. The average Bonchev–Trinajstić information content (AvgIpc) is 3.31. The minimum absolute atomic E-state index is 0.0172. The first-order valence-corrected chi connectivity index (χ1v) is 13.3. The number of hydrogen-bond donors (Lipinski definition) is 1. The molecule has 0 atom stereocenters. The fraction of sp³-hybridized carbons (Fsp3) is 0.360. The topological polar surface area (TPSA) is 107 Å². The second kappa shape index (κ2) is 11.5. The molecule has 35 heavy (non-hydrogen) atoms.